The Labute approximate surface area is 123 Å². The number of ether oxygens (including phenoxy) is 1. The molecule has 4 aliphatic rings. The lowest BCUT2D eigenvalue weighted by Crippen LogP contribution is -2.64. The second-order valence-electron chi connectivity index (χ2n) is 6.93. The summed E-state index contributed by atoms with van der Waals surface area (Å²) in [5.41, 5.74) is 2.29. The number of aliphatic hydroxyl groups excluding tert-OH is 1. The van der Waals surface area contributed by atoms with Gasteiger partial charge in [-0.05, 0) is 38.1 Å². The maximum atomic E-state index is 10.4. The molecule has 4 nitrogen and oxygen atoms in total. The van der Waals surface area contributed by atoms with Crippen molar-refractivity contribution in [2.75, 3.05) is 13.6 Å². The van der Waals surface area contributed by atoms with Crippen molar-refractivity contribution in [3.63, 3.8) is 0 Å². The number of phenolic OH excluding ortho intramolecular Hbond substituents is 1. The number of likely N-dealkylation sites (tertiary alicyclic amines) is 1. The van der Waals surface area contributed by atoms with E-state index >= 15 is 0 Å². The molecule has 1 aromatic rings. The molecule has 1 aromatic carbocycles. The van der Waals surface area contributed by atoms with Crippen LogP contribution in [-0.4, -0.2) is 47.0 Å². The smallest absolute Gasteiger partial charge is 0.165 e. The molecule has 0 saturated carbocycles. The Balaban J connectivity index is 1.84. The molecule has 0 aromatic heterocycles. The molecule has 2 bridgehead atoms. The molecule has 5 atom stereocenters. The van der Waals surface area contributed by atoms with E-state index in [-0.39, 0.29) is 17.3 Å². The molecule has 2 aliphatic carbocycles. The predicted molar refractivity (Wildman–Crippen MR) is 77.6 cm³/mol. The van der Waals surface area contributed by atoms with Crippen LogP contribution in [0.3, 0.4) is 0 Å². The topological polar surface area (TPSA) is 52.9 Å². The minimum Gasteiger partial charge on any atom is -0.504 e. The molecule has 1 fully saturated rings. The monoisotopic (exact) mass is 285 g/mol. The Morgan fingerprint density at radius 3 is 3.05 bits per heavy atom. The van der Waals surface area contributed by atoms with Crippen LogP contribution in [0.5, 0.6) is 11.5 Å². The van der Waals surface area contributed by atoms with Crippen molar-refractivity contribution in [1.82, 2.24) is 4.90 Å². The fraction of sp³-hybridized carbons (Fsp3) is 0.529. The van der Waals surface area contributed by atoms with Gasteiger partial charge in [-0.15, -0.1) is 0 Å². The molecule has 21 heavy (non-hydrogen) atoms. The van der Waals surface area contributed by atoms with Crippen molar-refractivity contribution in [3.8, 4) is 11.5 Å². The number of hydrogen-bond donors (Lipinski definition) is 2. The normalized spacial score (nSPS) is 42.6. The van der Waals surface area contributed by atoms with Crippen LogP contribution >= 0.6 is 0 Å². The molecule has 5 rings (SSSR count). The van der Waals surface area contributed by atoms with Crippen LogP contribution in [0.2, 0.25) is 0 Å². The molecule has 2 aliphatic heterocycles. The second-order valence-corrected chi connectivity index (χ2v) is 6.93. The SMILES string of the molecule is CN1CC[C@@]23c4c5ccc(O)c4O[C@@H]2[C@@H](O)C=C[C@H]3[C@H]1C5. The third kappa shape index (κ3) is 1.21. The standard InChI is InChI=1S/C17H19NO3/c1-18-7-6-17-10-3-5-13(20)16(17)21-15-12(19)4-2-9(14(15)17)8-11(10)18/h2-5,10-11,13,16,19-20H,6-8H2,1H3/t10-,11+,13-,16+,17+/m0/s1. The lowest BCUT2D eigenvalue weighted by atomic mass is 9.53. The van der Waals surface area contributed by atoms with Gasteiger partial charge in [-0.25, -0.2) is 0 Å². The summed E-state index contributed by atoms with van der Waals surface area (Å²) in [7, 11) is 2.19. The molecule has 4 heteroatoms. The highest BCUT2D eigenvalue weighted by atomic mass is 16.5. The van der Waals surface area contributed by atoms with E-state index in [2.05, 4.69) is 18.0 Å². The number of rotatable bonds is 0. The van der Waals surface area contributed by atoms with Crippen LogP contribution in [-0.2, 0) is 11.8 Å². The van der Waals surface area contributed by atoms with Crippen molar-refractivity contribution in [3.05, 3.63) is 35.4 Å². The highest BCUT2D eigenvalue weighted by Crippen LogP contribution is 2.62. The molecule has 1 saturated heterocycles. The van der Waals surface area contributed by atoms with Crippen LogP contribution in [0.4, 0.5) is 0 Å². The van der Waals surface area contributed by atoms with Crippen LogP contribution in [0.1, 0.15) is 17.5 Å². The van der Waals surface area contributed by atoms with Gasteiger partial charge in [0, 0.05) is 22.9 Å². The molecule has 110 valence electrons. The van der Waals surface area contributed by atoms with Gasteiger partial charge in [0.25, 0.3) is 0 Å². The molecule has 2 heterocycles. The molecule has 2 N–H and O–H groups in total. The summed E-state index contributed by atoms with van der Waals surface area (Å²) in [4.78, 5) is 2.43. The van der Waals surface area contributed by atoms with E-state index in [1.807, 2.05) is 12.1 Å². The number of benzene rings is 1. The van der Waals surface area contributed by atoms with E-state index < -0.39 is 6.10 Å². The van der Waals surface area contributed by atoms with Crippen molar-refractivity contribution in [2.24, 2.45) is 5.92 Å². The number of hydrogen-bond acceptors (Lipinski definition) is 4. The number of phenols is 1. The highest BCUT2D eigenvalue weighted by molar-refractivity contribution is 5.61. The Morgan fingerprint density at radius 2 is 2.19 bits per heavy atom. The van der Waals surface area contributed by atoms with E-state index in [0.717, 1.165) is 19.4 Å². The van der Waals surface area contributed by atoms with Gasteiger partial charge in [-0.1, -0.05) is 18.2 Å². The zero-order valence-electron chi connectivity index (χ0n) is 12.0. The number of aliphatic hydroxyl groups is 1. The van der Waals surface area contributed by atoms with Gasteiger partial charge in [0.2, 0.25) is 0 Å². The summed E-state index contributed by atoms with van der Waals surface area (Å²) in [5, 5.41) is 20.6. The second kappa shape index (κ2) is 3.62. The van der Waals surface area contributed by atoms with Gasteiger partial charge < -0.3 is 19.8 Å². The van der Waals surface area contributed by atoms with Crippen molar-refractivity contribution in [1.29, 1.82) is 0 Å². The Hall–Kier alpha value is -1.52. The first-order valence-corrected chi connectivity index (χ1v) is 7.71. The van der Waals surface area contributed by atoms with E-state index in [0.29, 0.717) is 17.7 Å². The summed E-state index contributed by atoms with van der Waals surface area (Å²) < 4.78 is 6.09. The first kappa shape index (κ1) is 12.1. The number of likely N-dealkylation sites (N-methyl/N-ethyl adjacent to an activating group) is 1. The lowest BCUT2D eigenvalue weighted by molar-refractivity contribution is -0.0453. The van der Waals surface area contributed by atoms with E-state index in [1.165, 1.54) is 11.1 Å². The van der Waals surface area contributed by atoms with Gasteiger partial charge in [0.1, 0.15) is 12.2 Å². The van der Waals surface area contributed by atoms with Gasteiger partial charge >= 0.3 is 0 Å². The van der Waals surface area contributed by atoms with Gasteiger partial charge in [0.05, 0.1) is 0 Å². The summed E-state index contributed by atoms with van der Waals surface area (Å²) in [5.74, 6) is 1.19. The van der Waals surface area contributed by atoms with E-state index in [9.17, 15) is 10.2 Å². The van der Waals surface area contributed by atoms with Gasteiger partial charge in [-0.3, -0.25) is 0 Å². The Kier molecular flexibility index (Phi) is 2.08. The van der Waals surface area contributed by atoms with Gasteiger partial charge in [-0.2, -0.15) is 0 Å². The van der Waals surface area contributed by atoms with Crippen molar-refractivity contribution >= 4 is 0 Å². The zero-order chi connectivity index (χ0) is 14.4. The van der Waals surface area contributed by atoms with Crippen molar-refractivity contribution < 1.29 is 14.9 Å². The van der Waals surface area contributed by atoms with Crippen molar-refractivity contribution in [2.45, 2.75) is 36.5 Å². The largest absolute Gasteiger partial charge is 0.504 e. The first-order chi connectivity index (χ1) is 10.1. The lowest BCUT2D eigenvalue weighted by Gasteiger charge is -2.56. The average molecular weight is 285 g/mol. The zero-order valence-corrected chi connectivity index (χ0v) is 12.0. The summed E-state index contributed by atoms with van der Waals surface area (Å²) in [6.45, 7) is 1.01. The fourth-order valence-corrected chi connectivity index (χ4v) is 5.24. The quantitative estimate of drug-likeness (QED) is 0.703. The minimum absolute atomic E-state index is 0.160. The van der Waals surface area contributed by atoms with Crippen LogP contribution in [0.25, 0.3) is 0 Å². The molecule has 0 amide bonds. The average Bonchev–Trinajstić information content (AvgIpc) is 2.83. The number of aromatic hydroxyl groups is 1. The molecular weight excluding hydrogens is 266 g/mol. The van der Waals surface area contributed by atoms with E-state index in [1.54, 1.807) is 6.07 Å². The molecule has 0 radical (unpaired) electrons. The number of piperidine rings is 1. The van der Waals surface area contributed by atoms with E-state index in [4.69, 9.17) is 4.74 Å². The Morgan fingerprint density at radius 1 is 1.33 bits per heavy atom. The fourth-order valence-electron chi connectivity index (χ4n) is 5.24. The van der Waals surface area contributed by atoms with Crippen LogP contribution < -0.4 is 4.74 Å². The maximum absolute atomic E-state index is 10.4. The van der Waals surface area contributed by atoms with Gasteiger partial charge in [0.15, 0.2) is 11.5 Å². The molecular formula is C17H19NO3. The third-order valence-electron chi connectivity index (χ3n) is 6.15. The molecule has 0 unspecified atom stereocenters. The van der Waals surface area contributed by atoms with Crippen LogP contribution in [0.15, 0.2) is 24.3 Å². The predicted octanol–water partition coefficient (Wildman–Crippen LogP) is 1.20. The number of nitrogens with zero attached hydrogens (tertiary/aromatic N) is 1. The highest BCUT2D eigenvalue weighted by Gasteiger charge is 2.64. The molecule has 1 spiro atoms. The summed E-state index contributed by atoms with van der Waals surface area (Å²) in [6, 6.07) is 4.23. The summed E-state index contributed by atoms with van der Waals surface area (Å²) >= 11 is 0. The first-order valence-electron chi connectivity index (χ1n) is 7.71. The van der Waals surface area contributed by atoms with Crippen LogP contribution in [0, 0.1) is 5.92 Å². The summed E-state index contributed by atoms with van der Waals surface area (Å²) in [6.07, 6.45) is 5.18. The third-order valence-corrected chi connectivity index (χ3v) is 6.15. The maximum Gasteiger partial charge on any atom is 0.165 e. The minimum atomic E-state index is -0.594. The Bertz CT molecular complexity index is 670.